The molecule has 2 aliphatic rings. The highest BCUT2D eigenvalue weighted by Crippen LogP contribution is 2.42. The normalized spacial score (nSPS) is 28.7. The second-order valence-electron chi connectivity index (χ2n) is 5.68. The molecule has 0 radical (unpaired) electrons. The summed E-state index contributed by atoms with van der Waals surface area (Å²) in [6.07, 6.45) is 3.18. The van der Waals surface area contributed by atoms with Crippen LogP contribution in [0.4, 0.5) is 0 Å². The Labute approximate surface area is 125 Å². The van der Waals surface area contributed by atoms with E-state index >= 15 is 0 Å². The lowest BCUT2D eigenvalue weighted by Gasteiger charge is -2.25. The van der Waals surface area contributed by atoms with E-state index in [-0.39, 0.29) is 11.8 Å². The van der Waals surface area contributed by atoms with E-state index in [0.717, 1.165) is 19.3 Å². The molecule has 2 N–H and O–H groups in total. The maximum Gasteiger partial charge on any atom is 0.258 e. The molecule has 3 rings (SSSR count). The smallest absolute Gasteiger partial charge is 0.258 e. The molecule has 5 nitrogen and oxygen atoms in total. The zero-order chi connectivity index (χ0) is 14.4. The summed E-state index contributed by atoms with van der Waals surface area (Å²) in [6.45, 7) is 2.37. The van der Waals surface area contributed by atoms with Crippen molar-refractivity contribution >= 4 is 27.7 Å². The summed E-state index contributed by atoms with van der Waals surface area (Å²) in [7, 11) is 0. The Kier molecular flexibility index (Phi) is 3.36. The molecule has 108 valence electrons. The molecule has 1 aromatic heterocycles. The first-order valence-electron chi connectivity index (χ1n) is 6.85. The molecule has 1 aliphatic heterocycles. The number of aryl methyl sites for hydroxylation is 1. The number of rotatable bonds is 2. The fourth-order valence-corrected chi connectivity index (χ4v) is 4.16. The van der Waals surface area contributed by atoms with Crippen LogP contribution in [-0.4, -0.2) is 29.3 Å². The van der Waals surface area contributed by atoms with Gasteiger partial charge in [-0.25, -0.2) is 0 Å². The molecule has 2 fully saturated rings. The maximum atomic E-state index is 12.7. The third-order valence-corrected chi connectivity index (χ3v) is 4.95. The first-order valence-corrected chi connectivity index (χ1v) is 7.64. The predicted octanol–water partition coefficient (Wildman–Crippen LogP) is 2.08. The van der Waals surface area contributed by atoms with E-state index in [1.807, 2.05) is 0 Å². The number of halogens is 1. The fourth-order valence-electron chi connectivity index (χ4n) is 3.69. The molecule has 6 heteroatoms. The average Bonchev–Trinajstić information content (AvgIpc) is 3.00. The summed E-state index contributed by atoms with van der Waals surface area (Å²) in [5, 5.41) is 0. The predicted molar refractivity (Wildman–Crippen MR) is 76.0 cm³/mol. The van der Waals surface area contributed by atoms with E-state index in [1.165, 1.54) is 0 Å². The average molecular weight is 341 g/mol. The topological polar surface area (TPSA) is 76.5 Å². The van der Waals surface area contributed by atoms with Crippen LogP contribution < -0.4 is 5.73 Å². The van der Waals surface area contributed by atoms with Crippen molar-refractivity contribution in [2.24, 2.45) is 17.6 Å². The van der Waals surface area contributed by atoms with E-state index in [9.17, 15) is 9.59 Å². The summed E-state index contributed by atoms with van der Waals surface area (Å²) in [5.74, 6) is 0.643. The number of likely N-dealkylation sites (tertiary alicyclic amines) is 1. The number of carbonyl (C=O) groups excluding carboxylic acids is 2. The lowest BCUT2D eigenvalue weighted by molar-refractivity contribution is -0.122. The van der Waals surface area contributed by atoms with Crippen molar-refractivity contribution in [2.75, 3.05) is 6.54 Å². The molecular weight excluding hydrogens is 324 g/mol. The van der Waals surface area contributed by atoms with Crippen molar-refractivity contribution in [3.05, 3.63) is 22.1 Å². The van der Waals surface area contributed by atoms with Crippen molar-refractivity contribution in [3.63, 3.8) is 0 Å². The van der Waals surface area contributed by atoms with Gasteiger partial charge in [0.05, 0.1) is 5.56 Å². The lowest BCUT2D eigenvalue weighted by atomic mass is 9.93. The van der Waals surface area contributed by atoms with E-state index in [1.54, 1.807) is 17.9 Å². The van der Waals surface area contributed by atoms with Crippen LogP contribution in [0.5, 0.6) is 0 Å². The van der Waals surface area contributed by atoms with Gasteiger partial charge in [0, 0.05) is 12.6 Å². The van der Waals surface area contributed by atoms with Crippen LogP contribution in [0, 0.1) is 18.8 Å². The highest BCUT2D eigenvalue weighted by Gasteiger charge is 2.49. The summed E-state index contributed by atoms with van der Waals surface area (Å²) in [6, 6.07) is 1.19. The van der Waals surface area contributed by atoms with Gasteiger partial charge < -0.3 is 15.1 Å². The van der Waals surface area contributed by atoms with Crippen LogP contribution in [0.1, 0.15) is 35.4 Å². The molecule has 3 unspecified atom stereocenters. The minimum atomic E-state index is -0.469. The number of hydrogen-bond donors (Lipinski definition) is 1. The Bertz CT molecular complexity index is 569. The number of nitrogens with zero attached hydrogens (tertiary/aromatic N) is 1. The molecule has 2 heterocycles. The van der Waals surface area contributed by atoms with Crippen LogP contribution in [-0.2, 0) is 4.79 Å². The van der Waals surface area contributed by atoms with Crippen LogP contribution >= 0.6 is 15.9 Å². The second-order valence-corrected chi connectivity index (χ2v) is 6.46. The number of amides is 2. The molecule has 0 aromatic carbocycles. The van der Waals surface area contributed by atoms with Crippen molar-refractivity contribution in [2.45, 2.75) is 32.2 Å². The SMILES string of the molecule is Cc1oc(Br)cc1C(=O)N1CC2CCCC2C1C(N)=O. The van der Waals surface area contributed by atoms with Crippen molar-refractivity contribution in [3.8, 4) is 0 Å². The number of primary amides is 1. The van der Waals surface area contributed by atoms with Crippen molar-refractivity contribution in [1.29, 1.82) is 0 Å². The van der Waals surface area contributed by atoms with Crippen LogP contribution in [0.2, 0.25) is 0 Å². The Hall–Kier alpha value is -1.30. The van der Waals surface area contributed by atoms with Gasteiger partial charge in [-0.1, -0.05) is 6.42 Å². The number of carbonyl (C=O) groups is 2. The third kappa shape index (κ3) is 2.06. The van der Waals surface area contributed by atoms with Crippen LogP contribution in [0.15, 0.2) is 15.2 Å². The minimum Gasteiger partial charge on any atom is -0.454 e. The van der Waals surface area contributed by atoms with Gasteiger partial charge in [-0.05, 0) is 47.5 Å². The Morgan fingerprint density at radius 1 is 1.45 bits per heavy atom. The lowest BCUT2D eigenvalue weighted by Crippen LogP contribution is -2.46. The molecule has 1 aromatic rings. The largest absolute Gasteiger partial charge is 0.454 e. The van der Waals surface area contributed by atoms with Crippen LogP contribution in [0.25, 0.3) is 0 Å². The summed E-state index contributed by atoms with van der Waals surface area (Å²) in [4.78, 5) is 26.1. The zero-order valence-corrected chi connectivity index (χ0v) is 12.9. The highest BCUT2D eigenvalue weighted by atomic mass is 79.9. The summed E-state index contributed by atoms with van der Waals surface area (Å²) < 4.78 is 5.86. The van der Waals surface area contributed by atoms with Gasteiger partial charge in [-0.15, -0.1) is 0 Å². The van der Waals surface area contributed by atoms with Gasteiger partial charge >= 0.3 is 0 Å². The molecule has 2 amide bonds. The van der Waals surface area contributed by atoms with Gasteiger partial charge in [-0.3, -0.25) is 9.59 Å². The van der Waals surface area contributed by atoms with E-state index in [4.69, 9.17) is 10.2 Å². The Balaban J connectivity index is 1.91. The van der Waals surface area contributed by atoms with E-state index in [0.29, 0.717) is 28.5 Å². The van der Waals surface area contributed by atoms with Gasteiger partial charge in [0.2, 0.25) is 5.91 Å². The quantitative estimate of drug-likeness (QED) is 0.895. The minimum absolute atomic E-state index is 0.157. The molecule has 0 spiro atoms. The van der Waals surface area contributed by atoms with Gasteiger partial charge in [0.15, 0.2) is 4.67 Å². The standard InChI is InChI=1S/C14H17BrN2O3/c1-7-10(5-11(15)20-7)14(19)17-6-8-3-2-4-9(8)12(17)13(16)18/h5,8-9,12H,2-4,6H2,1H3,(H2,16,18). The Morgan fingerprint density at radius 2 is 2.20 bits per heavy atom. The fraction of sp³-hybridized carbons (Fsp3) is 0.571. The number of nitrogens with two attached hydrogens (primary N) is 1. The van der Waals surface area contributed by atoms with E-state index < -0.39 is 11.9 Å². The first kappa shape index (κ1) is 13.7. The second kappa shape index (κ2) is 4.91. The van der Waals surface area contributed by atoms with Crippen LogP contribution in [0.3, 0.4) is 0 Å². The third-order valence-electron chi connectivity index (χ3n) is 4.56. The Morgan fingerprint density at radius 3 is 2.80 bits per heavy atom. The zero-order valence-electron chi connectivity index (χ0n) is 11.3. The molecular formula is C14H17BrN2O3. The van der Waals surface area contributed by atoms with Crippen molar-refractivity contribution in [1.82, 2.24) is 4.90 Å². The summed E-state index contributed by atoms with van der Waals surface area (Å²) >= 11 is 3.22. The summed E-state index contributed by atoms with van der Waals surface area (Å²) in [5.41, 5.74) is 6.04. The molecule has 1 aliphatic carbocycles. The van der Waals surface area contributed by atoms with Gasteiger partial charge in [0.25, 0.3) is 5.91 Å². The number of furan rings is 1. The maximum absolute atomic E-state index is 12.7. The molecule has 0 bridgehead atoms. The highest BCUT2D eigenvalue weighted by molar-refractivity contribution is 9.10. The van der Waals surface area contributed by atoms with Crippen molar-refractivity contribution < 1.29 is 14.0 Å². The first-order chi connectivity index (χ1) is 9.49. The number of hydrogen-bond acceptors (Lipinski definition) is 3. The number of fused-ring (bicyclic) bond motifs is 1. The molecule has 1 saturated heterocycles. The monoisotopic (exact) mass is 340 g/mol. The molecule has 3 atom stereocenters. The molecule has 1 saturated carbocycles. The molecule has 20 heavy (non-hydrogen) atoms. The van der Waals surface area contributed by atoms with Gasteiger partial charge in [-0.2, -0.15) is 0 Å². The van der Waals surface area contributed by atoms with Gasteiger partial charge in [0.1, 0.15) is 11.8 Å². The van der Waals surface area contributed by atoms with E-state index in [2.05, 4.69) is 15.9 Å².